The van der Waals surface area contributed by atoms with Crippen LogP contribution in [0.3, 0.4) is 0 Å². The van der Waals surface area contributed by atoms with Crippen molar-refractivity contribution in [2.45, 2.75) is 25.8 Å². The van der Waals surface area contributed by atoms with Crippen LogP contribution in [0.25, 0.3) is 11.1 Å². The van der Waals surface area contributed by atoms with Crippen LogP contribution in [0.5, 0.6) is 17.2 Å². The summed E-state index contributed by atoms with van der Waals surface area (Å²) in [6, 6.07) is 8.30. The van der Waals surface area contributed by atoms with Gasteiger partial charge in [-0.3, -0.25) is 4.79 Å². The summed E-state index contributed by atoms with van der Waals surface area (Å²) in [6.45, 7) is 2.64. The van der Waals surface area contributed by atoms with Crippen molar-refractivity contribution in [1.82, 2.24) is 4.90 Å². The van der Waals surface area contributed by atoms with E-state index in [0.717, 1.165) is 47.8 Å². The highest BCUT2D eigenvalue weighted by Crippen LogP contribution is 2.54. The predicted octanol–water partition coefficient (Wildman–Crippen LogP) is 3.09. The molecule has 0 saturated heterocycles. The van der Waals surface area contributed by atoms with Crippen molar-refractivity contribution >= 4 is 5.91 Å². The number of hydrogen-bond donors (Lipinski definition) is 0. The lowest BCUT2D eigenvalue weighted by Gasteiger charge is -2.41. The fourth-order valence-electron chi connectivity index (χ4n) is 4.41. The molecule has 2 heterocycles. The molecule has 2 aromatic rings. The SMILES string of the molecule is COc1ccc2c(c1)-c1c3c(cc4c1C(C2)N(C(C)=O)CC4)OCO3. The van der Waals surface area contributed by atoms with E-state index in [1.165, 1.54) is 16.7 Å². The smallest absolute Gasteiger partial charge is 0.231 e. The van der Waals surface area contributed by atoms with E-state index in [-0.39, 0.29) is 18.7 Å². The highest BCUT2D eigenvalue weighted by Gasteiger charge is 2.39. The Morgan fingerprint density at radius 1 is 1.24 bits per heavy atom. The maximum absolute atomic E-state index is 12.2. The third-order valence-electron chi connectivity index (χ3n) is 5.52. The fraction of sp³-hybridized carbons (Fsp3) is 0.350. The average Bonchev–Trinajstić information content (AvgIpc) is 3.09. The summed E-state index contributed by atoms with van der Waals surface area (Å²) in [5.41, 5.74) is 5.88. The van der Waals surface area contributed by atoms with Crippen LogP contribution in [0.4, 0.5) is 0 Å². The summed E-state index contributed by atoms with van der Waals surface area (Å²) in [5.74, 6) is 2.54. The molecular formula is C20H19NO4. The minimum absolute atomic E-state index is 0.0617. The lowest BCUT2D eigenvalue weighted by molar-refractivity contribution is -0.131. The van der Waals surface area contributed by atoms with E-state index in [0.29, 0.717) is 0 Å². The second kappa shape index (κ2) is 5.15. The van der Waals surface area contributed by atoms with E-state index >= 15 is 0 Å². The van der Waals surface area contributed by atoms with Crippen LogP contribution in [0, 0.1) is 0 Å². The fourth-order valence-corrected chi connectivity index (χ4v) is 4.41. The zero-order valence-electron chi connectivity index (χ0n) is 14.3. The molecule has 0 saturated carbocycles. The number of nitrogens with zero attached hydrogens (tertiary/aromatic N) is 1. The Labute approximate surface area is 146 Å². The number of carbonyl (C=O) groups is 1. The number of carbonyl (C=O) groups excluding carboxylic acids is 1. The topological polar surface area (TPSA) is 48.0 Å². The number of fused-ring (bicyclic) bond motifs is 4. The minimum atomic E-state index is 0.0617. The van der Waals surface area contributed by atoms with Gasteiger partial charge in [0.05, 0.1) is 13.2 Å². The van der Waals surface area contributed by atoms with Gasteiger partial charge in [-0.1, -0.05) is 6.07 Å². The monoisotopic (exact) mass is 337 g/mol. The normalized spacial score (nSPS) is 19.3. The molecule has 25 heavy (non-hydrogen) atoms. The summed E-state index contributed by atoms with van der Waals surface area (Å²) in [6.07, 6.45) is 1.66. The number of hydrogen-bond acceptors (Lipinski definition) is 4. The summed E-state index contributed by atoms with van der Waals surface area (Å²) in [5, 5.41) is 0. The molecule has 128 valence electrons. The van der Waals surface area contributed by atoms with Crippen LogP contribution in [-0.4, -0.2) is 31.3 Å². The molecule has 2 aromatic carbocycles. The van der Waals surface area contributed by atoms with Gasteiger partial charge < -0.3 is 19.1 Å². The highest BCUT2D eigenvalue weighted by atomic mass is 16.7. The molecule has 5 nitrogen and oxygen atoms in total. The first-order valence-corrected chi connectivity index (χ1v) is 8.57. The zero-order valence-corrected chi connectivity index (χ0v) is 14.3. The molecule has 1 aliphatic carbocycles. The average molecular weight is 337 g/mol. The van der Waals surface area contributed by atoms with Gasteiger partial charge in [0.15, 0.2) is 11.5 Å². The Kier molecular flexibility index (Phi) is 3.02. The van der Waals surface area contributed by atoms with Gasteiger partial charge in [0.1, 0.15) is 5.75 Å². The number of methoxy groups -OCH3 is 1. The predicted molar refractivity (Wildman–Crippen MR) is 92.1 cm³/mol. The summed E-state index contributed by atoms with van der Waals surface area (Å²) < 4.78 is 16.9. The largest absolute Gasteiger partial charge is 0.497 e. The second-order valence-corrected chi connectivity index (χ2v) is 6.76. The van der Waals surface area contributed by atoms with Crippen molar-refractivity contribution in [2.75, 3.05) is 20.4 Å². The molecule has 0 fully saturated rings. The molecule has 1 atom stereocenters. The van der Waals surface area contributed by atoms with Crippen LogP contribution < -0.4 is 14.2 Å². The first-order valence-electron chi connectivity index (χ1n) is 8.57. The van der Waals surface area contributed by atoms with Crippen LogP contribution in [0.1, 0.15) is 29.7 Å². The molecule has 3 aliphatic rings. The van der Waals surface area contributed by atoms with Crippen molar-refractivity contribution in [3.05, 3.63) is 41.0 Å². The second-order valence-electron chi connectivity index (χ2n) is 6.76. The van der Waals surface area contributed by atoms with E-state index in [1.807, 2.05) is 11.0 Å². The molecule has 5 heteroatoms. The van der Waals surface area contributed by atoms with E-state index in [2.05, 4.69) is 18.2 Å². The molecule has 0 bridgehead atoms. The van der Waals surface area contributed by atoms with Crippen molar-refractivity contribution in [1.29, 1.82) is 0 Å². The lowest BCUT2D eigenvalue weighted by Crippen LogP contribution is -2.41. The maximum atomic E-state index is 12.2. The van der Waals surface area contributed by atoms with Gasteiger partial charge in [-0.2, -0.15) is 0 Å². The minimum Gasteiger partial charge on any atom is -0.497 e. The van der Waals surface area contributed by atoms with Crippen LogP contribution in [0.2, 0.25) is 0 Å². The van der Waals surface area contributed by atoms with Crippen molar-refractivity contribution in [2.24, 2.45) is 0 Å². The Morgan fingerprint density at radius 2 is 2.12 bits per heavy atom. The molecular weight excluding hydrogens is 318 g/mol. The number of benzene rings is 2. The van der Waals surface area contributed by atoms with Crippen LogP contribution >= 0.6 is 0 Å². The number of amides is 1. The van der Waals surface area contributed by atoms with E-state index < -0.39 is 0 Å². The Bertz CT molecular complexity index is 905. The molecule has 0 spiro atoms. The first-order chi connectivity index (χ1) is 12.2. The molecule has 2 aliphatic heterocycles. The van der Waals surface area contributed by atoms with E-state index in [4.69, 9.17) is 14.2 Å². The molecule has 1 amide bonds. The van der Waals surface area contributed by atoms with E-state index in [9.17, 15) is 4.79 Å². The zero-order chi connectivity index (χ0) is 17.1. The lowest BCUT2D eigenvalue weighted by atomic mass is 9.76. The van der Waals surface area contributed by atoms with E-state index in [1.54, 1.807) is 14.0 Å². The Hall–Kier alpha value is -2.69. The third-order valence-corrected chi connectivity index (χ3v) is 5.52. The van der Waals surface area contributed by atoms with Gasteiger partial charge >= 0.3 is 0 Å². The standard InChI is InChI=1S/C20H19NO4/c1-11(22)21-6-5-13-8-17-20(25-10-24-17)19-15-9-14(23-2)4-3-12(15)7-16(21)18(13)19/h3-4,8-9,16H,5-7,10H2,1-2H3. The van der Waals surface area contributed by atoms with Gasteiger partial charge in [-0.25, -0.2) is 0 Å². The van der Waals surface area contributed by atoms with Crippen molar-refractivity contribution in [3.8, 4) is 28.4 Å². The highest BCUT2D eigenvalue weighted by molar-refractivity contribution is 5.86. The van der Waals surface area contributed by atoms with Gasteiger partial charge in [-0.15, -0.1) is 0 Å². The Morgan fingerprint density at radius 3 is 2.92 bits per heavy atom. The van der Waals surface area contributed by atoms with Crippen molar-refractivity contribution < 1.29 is 19.0 Å². The third kappa shape index (κ3) is 1.98. The Balaban J connectivity index is 1.82. The van der Waals surface area contributed by atoms with Crippen LogP contribution in [-0.2, 0) is 17.6 Å². The summed E-state index contributed by atoms with van der Waals surface area (Å²) in [7, 11) is 1.68. The van der Waals surface area contributed by atoms with Gasteiger partial charge in [0, 0.05) is 19.0 Å². The number of rotatable bonds is 1. The molecule has 0 aromatic heterocycles. The van der Waals surface area contributed by atoms with Gasteiger partial charge in [0.2, 0.25) is 12.7 Å². The quantitative estimate of drug-likeness (QED) is 0.802. The maximum Gasteiger partial charge on any atom is 0.231 e. The molecule has 0 N–H and O–H groups in total. The summed E-state index contributed by atoms with van der Waals surface area (Å²) >= 11 is 0. The first kappa shape index (κ1) is 14.6. The van der Waals surface area contributed by atoms with Gasteiger partial charge in [-0.05, 0) is 53.3 Å². The summed E-state index contributed by atoms with van der Waals surface area (Å²) in [4.78, 5) is 14.2. The van der Waals surface area contributed by atoms with Crippen molar-refractivity contribution in [3.63, 3.8) is 0 Å². The van der Waals surface area contributed by atoms with Gasteiger partial charge in [0.25, 0.3) is 0 Å². The molecule has 0 radical (unpaired) electrons. The molecule has 5 rings (SSSR count). The number of ether oxygens (including phenoxy) is 3. The molecule has 1 unspecified atom stereocenters. The van der Waals surface area contributed by atoms with Crippen LogP contribution in [0.15, 0.2) is 24.3 Å².